The molecule has 5 rings (SSSR count). The molecule has 1 N–H and O–H groups in total. The van der Waals surface area contributed by atoms with Crippen molar-refractivity contribution >= 4 is 45.6 Å². The Morgan fingerprint density at radius 2 is 1.85 bits per heavy atom. The first kappa shape index (κ1) is 26.2. The smallest absolute Gasteiger partial charge is 0.294 e. The lowest BCUT2D eigenvalue weighted by Crippen LogP contribution is -2.31. The number of hydrogen-bond acceptors (Lipinski definition) is 7. The van der Waals surface area contributed by atoms with Crippen LogP contribution >= 0.6 is 11.6 Å². The predicted octanol–water partition coefficient (Wildman–Crippen LogP) is 6.34. The van der Waals surface area contributed by atoms with Crippen LogP contribution in [0.1, 0.15) is 29.1 Å². The third kappa shape index (κ3) is 4.68. The standard InChI is InChI=1S/C30H27ClN2O6/c1-5-38-22-8-6-7-21(16-22)33-26(17-9-11-20(12-10-17)32(2)3)25(28(35)30(33)36)27(34)23-14-18-13-19(31)15-24(37-4)29(18)39-23/h6-16,26,35H,5H2,1-4H3. The van der Waals surface area contributed by atoms with E-state index in [-0.39, 0.29) is 11.3 Å². The third-order valence-corrected chi connectivity index (χ3v) is 6.79. The van der Waals surface area contributed by atoms with Gasteiger partial charge in [-0.15, -0.1) is 0 Å². The summed E-state index contributed by atoms with van der Waals surface area (Å²) in [4.78, 5) is 30.9. The van der Waals surface area contributed by atoms with E-state index in [4.69, 9.17) is 25.5 Å². The summed E-state index contributed by atoms with van der Waals surface area (Å²) in [7, 11) is 5.31. The van der Waals surface area contributed by atoms with E-state index in [2.05, 4.69) is 0 Å². The largest absolute Gasteiger partial charge is 0.503 e. The number of carbonyl (C=O) groups is 2. The first-order valence-corrected chi connectivity index (χ1v) is 12.7. The number of nitrogens with zero attached hydrogens (tertiary/aromatic N) is 2. The normalized spacial score (nSPS) is 15.3. The van der Waals surface area contributed by atoms with E-state index in [9.17, 15) is 14.7 Å². The van der Waals surface area contributed by atoms with Crippen molar-refractivity contribution in [1.29, 1.82) is 0 Å². The van der Waals surface area contributed by atoms with Crippen molar-refractivity contribution < 1.29 is 28.6 Å². The summed E-state index contributed by atoms with van der Waals surface area (Å²) in [5.41, 5.74) is 2.29. The van der Waals surface area contributed by atoms with Crippen LogP contribution in [-0.4, -0.2) is 44.6 Å². The number of ether oxygens (including phenoxy) is 2. The lowest BCUT2D eigenvalue weighted by atomic mass is 9.94. The van der Waals surface area contributed by atoms with Crippen molar-refractivity contribution in [3.63, 3.8) is 0 Å². The van der Waals surface area contributed by atoms with Crippen molar-refractivity contribution in [3.8, 4) is 11.5 Å². The minimum Gasteiger partial charge on any atom is -0.503 e. The number of aliphatic hydroxyl groups is 1. The molecule has 8 nitrogen and oxygen atoms in total. The maximum atomic E-state index is 14.0. The van der Waals surface area contributed by atoms with E-state index < -0.39 is 23.5 Å². The lowest BCUT2D eigenvalue weighted by molar-refractivity contribution is -0.117. The molecule has 1 aliphatic heterocycles. The van der Waals surface area contributed by atoms with E-state index in [1.165, 1.54) is 18.1 Å². The maximum Gasteiger partial charge on any atom is 0.294 e. The lowest BCUT2D eigenvalue weighted by Gasteiger charge is -2.27. The Labute approximate surface area is 230 Å². The van der Waals surface area contributed by atoms with Gasteiger partial charge in [-0.3, -0.25) is 14.5 Å². The van der Waals surface area contributed by atoms with Crippen LogP contribution in [0.5, 0.6) is 11.5 Å². The number of fused-ring (bicyclic) bond motifs is 1. The molecule has 200 valence electrons. The quantitative estimate of drug-likeness (QED) is 0.258. The fourth-order valence-electron chi connectivity index (χ4n) is 4.75. The van der Waals surface area contributed by atoms with Crippen LogP contribution in [0.25, 0.3) is 11.0 Å². The fraction of sp³-hybridized carbons (Fsp3) is 0.200. The second-order valence-corrected chi connectivity index (χ2v) is 9.66. The average molecular weight is 547 g/mol. The summed E-state index contributed by atoms with van der Waals surface area (Å²) in [6.45, 7) is 2.31. The monoisotopic (exact) mass is 546 g/mol. The van der Waals surface area contributed by atoms with Crippen LogP contribution in [0.4, 0.5) is 11.4 Å². The highest BCUT2D eigenvalue weighted by Gasteiger charge is 2.45. The van der Waals surface area contributed by atoms with E-state index in [1.54, 1.807) is 36.4 Å². The van der Waals surface area contributed by atoms with Crippen LogP contribution in [0, 0.1) is 0 Å². The molecule has 0 radical (unpaired) electrons. The molecular formula is C30H27ClN2O6. The number of carbonyl (C=O) groups excluding carboxylic acids is 2. The molecule has 3 aromatic carbocycles. The highest BCUT2D eigenvalue weighted by molar-refractivity contribution is 6.31. The van der Waals surface area contributed by atoms with Crippen molar-refractivity contribution in [2.75, 3.05) is 37.6 Å². The first-order valence-electron chi connectivity index (χ1n) is 12.3. The van der Waals surface area contributed by atoms with Gasteiger partial charge < -0.3 is 23.9 Å². The number of benzene rings is 3. The SMILES string of the molecule is CCOc1cccc(N2C(=O)C(O)=C(C(=O)c3cc4cc(Cl)cc(OC)c4o3)C2c2ccc(N(C)C)cc2)c1. The Hall–Kier alpha value is -4.43. The zero-order valence-corrected chi connectivity index (χ0v) is 22.7. The molecule has 1 aromatic heterocycles. The number of ketones is 1. The van der Waals surface area contributed by atoms with Gasteiger partial charge in [-0.25, -0.2) is 0 Å². The molecule has 0 aliphatic carbocycles. The van der Waals surface area contributed by atoms with Crippen LogP contribution in [0.2, 0.25) is 5.02 Å². The Balaban J connectivity index is 1.65. The van der Waals surface area contributed by atoms with Crippen molar-refractivity contribution in [3.05, 3.63) is 94.4 Å². The van der Waals surface area contributed by atoms with Gasteiger partial charge in [0.1, 0.15) is 5.75 Å². The number of anilines is 2. The van der Waals surface area contributed by atoms with Gasteiger partial charge in [-0.05, 0) is 48.9 Å². The van der Waals surface area contributed by atoms with Gasteiger partial charge >= 0.3 is 0 Å². The topological polar surface area (TPSA) is 92.5 Å². The van der Waals surface area contributed by atoms with E-state index in [0.29, 0.717) is 45.3 Å². The molecule has 0 saturated carbocycles. The van der Waals surface area contributed by atoms with Gasteiger partial charge in [0.2, 0.25) is 5.78 Å². The number of rotatable bonds is 8. The number of Topliss-reactive ketones (excluding diaryl/α,β-unsaturated/α-hetero) is 1. The van der Waals surface area contributed by atoms with E-state index in [0.717, 1.165) is 5.69 Å². The van der Waals surface area contributed by atoms with Crippen LogP contribution in [-0.2, 0) is 4.79 Å². The second kappa shape index (κ2) is 10.4. The molecule has 0 fully saturated rings. The second-order valence-electron chi connectivity index (χ2n) is 9.22. The summed E-state index contributed by atoms with van der Waals surface area (Å²) in [6, 6.07) is 18.3. The van der Waals surface area contributed by atoms with Crippen LogP contribution in [0.3, 0.4) is 0 Å². The molecule has 4 aromatic rings. The summed E-state index contributed by atoms with van der Waals surface area (Å²) in [5.74, 6) is -1.10. The molecule has 0 spiro atoms. The number of hydrogen-bond donors (Lipinski definition) is 1. The predicted molar refractivity (Wildman–Crippen MR) is 150 cm³/mol. The molecular weight excluding hydrogens is 520 g/mol. The van der Waals surface area contributed by atoms with Gasteiger partial charge in [-0.1, -0.05) is 29.8 Å². The van der Waals surface area contributed by atoms with Gasteiger partial charge in [0.25, 0.3) is 5.91 Å². The molecule has 1 unspecified atom stereocenters. The van der Waals surface area contributed by atoms with Crippen molar-refractivity contribution in [2.45, 2.75) is 13.0 Å². The highest BCUT2D eigenvalue weighted by Crippen LogP contribution is 2.44. The number of furan rings is 1. The molecule has 9 heteroatoms. The number of halogens is 1. The number of amides is 1. The maximum absolute atomic E-state index is 14.0. The third-order valence-electron chi connectivity index (χ3n) is 6.58. The van der Waals surface area contributed by atoms with Crippen molar-refractivity contribution in [1.82, 2.24) is 0 Å². The fourth-order valence-corrected chi connectivity index (χ4v) is 4.96. The Morgan fingerprint density at radius 3 is 2.51 bits per heavy atom. The Kier molecular flexibility index (Phi) is 6.97. The highest BCUT2D eigenvalue weighted by atomic mass is 35.5. The number of aliphatic hydroxyl groups excluding tert-OH is 1. The Morgan fingerprint density at radius 1 is 1.10 bits per heavy atom. The summed E-state index contributed by atoms with van der Waals surface area (Å²) in [6.07, 6.45) is 0. The van der Waals surface area contributed by atoms with Gasteiger partial charge in [0, 0.05) is 48.0 Å². The van der Waals surface area contributed by atoms with Crippen LogP contribution in [0.15, 0.2) is 82.5 Å². The zero-order chi connectivity index (χ0) is 27.8. The molecule has 1 amide bonds. The minimum atomic E-state index is -0.920. The van der Waals surface area contributed by atoms with Crippen LogP contribution < -0.4 is 19.3 Å². The van der Waals surface area contributed by atoms with E-state index >= 15 is 0 Å². The molecule has 39 heavy (non-hydrogen) atoms. The summed E-state index contributed by atoms with van der Waals surface area (Å²) >= 11 is 6.20. The molecule has 1 aliphatic rings. The molecule has 0 saturated heterocycles. The first-order chi connectivity index (χ1) is 18.7. The zero-order valence-electron chi connectivity index (χ0n) is 21.9. The minimum absolute atomic E-state index is 0.0558. The summed E-state index contributed by atoms with van der Waals surface area (Å²) in [5, 5.41) is 12.1. The van der Waals surface area contributed by atoms with Crippen molar-refractivity contribution in [2.24, 2.45) is 0 Å². The average Bonchev–Trinajstić information content (AvgIpc) is 3.47. The van der Waals surface area contributed by atoms with Gasteiger partial charge in [0.15, 0.2) is 22.9 Å². The Bertz CT molecular complexity index is 1610. The molecule has 1 atom stereocenters. The van der Waals surface area contributed by atoms with Gasteiger partial charge in [-0.2, -0.15) is 0 Å². The summed E-state index contributed by atoms with van der Waals surface area (Å²) < 4.78 is 16.9. The van der Waals surface area contributed by atoms with E-state index in [1.807, 2.05) is 50.2 Å². The van der Waals surface area contributed by atoms with Gasteiger partial charge in [0.05, 0.1) is 25.3 Å². The molecule has 0 bridgehead atoms. The number of methoxy groups -OCH3 is 1. The molecule has 2 heterocycles.